The van der Waals surface area contributed by atoms with E-state index in [0.717, 1.165) is 25.3 Å². The van der Waals surface area contributed by atoms with Gasteiger partial charge in [-0.2, -0.15) is 18.2 Å². The largest absolute Gasteiger partial charge is 0.495 e. The molecule has 31 heavy (non-hydrogen) atoms. The Labute approximate surface area is 176 Å². The van der Waals surface area contributed by atoms with E-state index in [1.807, 2.05) is 6.92 Å². The molecule has 9 nitrogen and oxygen atoms in total. The topological polar surface area (TPSA) is 126 Å². The van der Waals surface area contributed by atoms with Crippen LogP contribution in [-0.2, 0) is 16.2 Å². The summed E-state index contributed by atoms with van der Waals surface area (Å²) in [6, 6.07) is 3.44. The lowest BCUT2D eigenvalue weighted by Crippen LogP contribution is -2.41. The maximum absolute atomic E-state index is 13.0. The molecule has 2 atom stereocenters. The minimum Gasteiger partial charge on any atom is -0.495 e. The molecule has 0 aliphatic heterocycles. The van der Waals surface area contributed by atoms with Crippen LogP contribution in [0.1, 0.15) is 48.8 Å². The van der Waals surface area contributed by atoms with E-state index in [-0.39, 0.29) is 28.2 Å². The van der Waals surface area contributed by atoms with Crippen LogP contribution < -0.4 is 14.8 Å². The van der Waals surface area contributed by atoms with Gasteiger partial charge in [0.05, 0.1) is 7.11 Å². The van der Waals surface area contributed by atoms with Crippen molar-refractivity contribution in [2.24, 2.45) is 5.92 Å². The minimum absolute atomic E-state index is 0.0322. The molecule has 0 saturated heterocycles. The molecule has 170 valence electrons. The van der Waals surface area contributed by atoms with Crippen LogP contribution in [0.15, 0.2) is 23.1 Å². The van der Waals surface area contributed by atoms with Gasteiger partial charge in [0.2, 0.25) is 21.8 Å². The van der Waals surface area contributed by atoms with Gasteiger partial charge in [0.15, 0.2) is 0 Å². The van der Waals surface area contributed by atoms with Crippen LogP contribution in [0.2, 0.25) is 0 Å². The third kappa shape index (κ3) is 5.34. The number of nitrogens with one attached hydrogen (secondary N) is 3. The molecule has 1 aliphatic carbocycles. The van der Waals surface area contributed by atoms with Crippen molar-refractivity contribution >= 4 is 21.9 Å². The van der Waals surface area contributed by atoms with Crippen LogP contribution in [0.4, 0.5) is 19.1 Å². The van der Waals surface area contributed by atoms with Crippen LogP contribution in [0.25, 0.3) is 0 Å². The summed E-state index contributed by atoms with van der Waals surface area (Å²) in [6.07, 6.45) is -1.19. The van der Waals surface area contributed by atoms with Crippen molar-refractivity contribution in [1.82, 2.24) is 19.9 Å². The van der Waals surface area contributed by atoms with Gasteiger partial charge in [-0.05, 0) is 37.0 Å². The Morgan fingerprint density at radius 1 is 1.26 bits per heavy atom. The Kier molecular flexibility index (Phi) is 6.55. The van der Waals surface area contributed by atoms with Crippen molar-refractivity contribution < 1.29 is 31.1 Å². The van der Waals surface area contributed by atoms with E-state index < -0.39 is 33.9 Å². The van der Waals surface area contributed by atoms with Gasteiger partial charge in [0.25, 0.3) is 5.91 Å². The van der Waals surface area contributed by atoms with Gasteiger partial charge in [0.1, 0.15) is 10.6 Å². The lowest BCUT2D eigenvalue weighted by molar-refractivity contribution is -0.144. The minimum atomic E-state index is -4.75. The van der Waals surface area contributed by atoms with E-state index >= 15 is 0 Å². The summed E-state index contributed by atoms with van der Waals surface area (Å²) in [6.45, 7) is 1.97. The molecule has 1 aromatic carbocycles. The van der Waals surface area contributed by atoms with Crippen LogP contribution in [-0.4, -0.2) is 42.7 Å². The van der Waals surface area contributed by atoms with Crippen LogP contribution >= 0.6 is 0 Å². The maximum Gasteiger partial charge on any atom is 0.451 e. The molecule has 0 spiro atoms. The number of sulfonamides is 1. The Balaban J connectivity index is 1.84. The molecule has 3 N–H and O–H groups in total. The summed E-state index contributed by atoms with van der Waals surface area (Å²) in [5.74, 6) is -2.64. The standard InChI is InChI=1S/C18H22F3N5O4S/c1-10-5-3-4-6-12(10)26-31(28,29)14-9-11(7-8-13(14)30-2)15(27)22-17-23-16(24-25-17)18(19,20)21/h7-10,12,26H,3-6H2,1-2H3,(H2,22,23,24,25,27)/t10-,12-/m0/s1. The maximum atomic E-state index is 13.0. The summed E-state index contributed by atoms with van der Waals surface area (Å²) in [5, 5.41) is 7.08. The molecular weight excluding hydrogens is 439 g/mol. The molecule has 1 aliphatic rings. The monoisotopic (exact) mass is 461 g/mol. The number of aromatic nitrogens is 3. The van der Waals surface area contributed by atoms with Crippen LogP contribution in [0.5, 0.6) is 5.75 Å². The second kappa shape index (κ2) is 8.83. The second-order valence-corrected chi connectivity index (χ2v) is 9.00. The first-order valence-electron chi connectivity index (χ1n) is 9.52. The van der Waals surface area contributed by atoms with Crippen molar-refractivity contribution in [2.75, 3.05) is 12.4 Å². The zero-order chi connectivity index (χ0) is 22.8. The number of carbonyl (C=O) groups is 1. The number of aromatic amines is 1. The molecule has 0 unspecified atom stereocenters. The number of ether oxygens (including phenoxy) is 1. The molecule has 1 fully saturated rings. The third-order valence-electron chi connectivity index (χ3n) is 5.11. The molecule has 1 heterocycles. The number of alkyl halides is 3. The fourth-order valence-electron chi connectivity index (χ4n) is 3.40. The van der Waals surface area contributed by atoms with E-state index in [0.29, 0.717) is 6.42 Å². The highest BCUT2D eigenvalue weighted by Crippen LogP contribution is 2.30. The van der Waals surface area contributed by atoms with Gasteiger partial charge >= 0.3 is 6.18 Å². The zero-order valence-corrected chi connectivity index (χ0v) is 17.6. The van der Waals surface area contributed by atoms with Gasteiger partial charge in [-0.1, -0.05) is 19.8 Å². The number of benzene rings is 1. The zero-order valence-electron chi connectivity index (χ0n) is 16.8. The van der Waals surface area contributed by atoms with E-state index in [1.165, 1.54) is 19.2 Å². The van der Waals surface area contributed by atoms with Gasteiger partial charge in [-0.25, -0.2) is 13.1 Å². The predicted molar refractivity (Wildman–Crippen MR) is 104 cm³/mol. The fourth-order valence-corrected chi connectivity index (χ4v) is 4.97. The van der Waals surface area contributed by atoms with E-state index in [2.05, 4.69) is 20.1 Å². The number of halogens is 3. The number of rotatable bonds is 6. The lowest BCUT2D eigenvalue weighted by Gasteiger charge is -2.29. The number of carbonyl (C=O) groups excluding carboxylic acids is 1. The van der Waals surface area contributed by atoms with Crippen molar-refractivity contribution in [3.8, 4) is 5.75 Å². The quantitative estimate of drug-likeness (QED) is 0.607. The van der Waals surface area contributed by atoms with Crippen molar-refractivity contribution in [1.29, 1.82) is 0 Å². The predicted octanol–water partition coefficient (Wildman–Crippen LogP) is 2.94. The van der Waals surface area contributed by atoms with E-state index in [1.54, 1.807) is 5.10 Å². The Morgan fingerprint density at radius 2 is 1.97 bits per heavy atom. The first kappa shape index (κ1) is 23.0. The molecular formula is C18H22F3N5O4S. The Morgan fingerprint density at radius 3 is 2.58 bits per heavy atom. The number of H-pyrrole nitrogens is 1. The average Bonchev–Trinajstić information content (AvgIpc) is 3.18. The molecule has 1 aromatic heterocycles. The van der Waals surface area contributed by atoms with Crippen LogP contribution in [0.3, 0.4) is 0 Å². The third-order valence-corrected chi connectivity index (χ3v) is 6.62. The summed E-state index contributed by atoms with van der Waals surface area (Å²) in [7, 11) is -2.73. The van der Waals surface area contributed by atoms with Crippen LogP contribution in [0, 0.1) is 5.92 Å². The SMILES string of the molecule is COc1ccc(C(=O)Nc2n[nH]c(C(F)(F)F)n2)cc1S(=O)(=O)N[C@H]1CCCC[C@@H]1C. The van der Waals surface area contributed by atoms with E-state index in [4.69, 9.17) is 4.74 Å². The van der Waals surface area contributed by atoms with Crippen molar-refractivity contribution in [3.05, 3.63) is 29.6 Å². The van der Waals surface area contributed by atoms with Gasteiger partial charge in [-0.15, -0.1) is 5.10 Å². The smallest absolute Gasteiger partial charge is 0.451 e. The van der Waals surface area contributed by atoms with Crippen molar-refractivity contribution in [2.45, 2.75) is 49.7 Å². The number of hydrogen-bond donors (Lipinski definition) is 3. The van der Waals surface area contributed by atoms with Gasteiger partial charge in [-0.3, -0.25) is 15.2 Å². The molecule has 13 heteroatoms. The first-order chi connectivity index (χ1) is 14.5. The Hall–Kier alpha value is -2.67. The molecule has 0 bridgehead atoms. The summed E-state index contributed by atoms with van der Waals surface area (Å²) in [5.41, 5.74) is -0.115. The summed E-state index contributed by atoms with van der Waals surface area (Å²) >= 11 is 0. The molecule has 0 radical (unpaired) electrons. The highest BCUT2D eigenvalue weighted by molar-refractivity contribution is 7.89. The normalized spacial score (nSPS) is 19.8. The van der Waals surface area contributed by atoms with Crippen molar-refractivity contribution in [3.63, 3.8) is 0 Å². The fraction of sp³-hybridized carbons (Fsp3) is 0.500. The number of amides is 1. The van der Waals surface area contributed by atoms with E-state index in [9.17, 15) is 26.4 Å². The number of nitrogens with zero attached hydrogens (tertiary/aromatic N) is 2. The molecule has 2 aromatic rings. The molecule has 1 saturated carbocycles. The van der Waals surface area contributed by atoms with Gasteiger partial charge in [0, 0.05) is 11.6 Å². The highest BCUT2D eigenvalue weighted by atomic mass is 32.2. The number of methoxy groups -OCH3 is 1. The molecule has 1 amide bonds. The Bertz CT molecular complexity index is 1050. The first-order valence-corrected chi connectivity index (χ1v) is 11.0. The summed E-state index contributed by atoms with van der Waals surface area (Å²) in [4.78, 5) is 15.4. The highest BCUT2D eigenvalue weighted by Gasteiger charge is 2.35. The van der Waals surface area contributed by atoms with Gasteiger partial charge < -0.3 is 4.74 Å². The summed E-state index contributed by atoms with van der Waals surface area (Å²) < 4.78 is 71.6. The number of hydrogen-bond acceptors (Lipinski definition) is 6. The molecule has 3 rings (SSSR count). The second-order valence-electron chi connectivity index (χ2n) is 7.31. The number of anilines is 1. The average molecular weight is 461 g/mol. The lowest BCUT2D eigenvalue weighted by atomic mass is 9.87.